The number of hydrogen-bond acceptors (Lipinski definition) is 4. The molecule has 0 amide bonds. The Morgan fingerprint density at radius 3 is 2.44 bits per heavy atom. The highest BCUT2D eigenvalue weighted by Crippen LogP contribution is 2.21. The maximum Gasteiger partial charge on any atom is 0.134 e. The minimum absolute atomic E-state index is 0.387. The van der Waals surface area contributed by atoms with Crippen LogP contribution < -0.4 is 11.1 Å². The van der Waals surface area contributed by atoms with Gasteiger partial charge in [-0.25, -0.2) is 9.97 Å². The third-order valence-corrected chi connectivity index (χ3v) is 3.57. The second-order valence-corrected chi connectivity index (χ2v) is 5.07. The van der Waals surface area contributed by atoms with Gasteiger partial charge in [0.1, 0.15) is 17.5 Å². The first-order valence-electron chi connectivity index (χ1n) is 6.89. The van der Waals surface area contributed by atoms with Crippen LogP contribution in [-0.2, 0) is 6.42 Å². The van der Waals surface area contributed by atoms with E-state index < -0.39 is 0 Å². The van der Waals surface area contributed by atoms with E-state index in [1.807, 2.05) is 6.92 Å². The number of hydrogen-bond donors (Lipinski definition) is 2. The van der Waals surface area contributed by atoms with Crippen molar-refractivity contribution < 1.29 is 0 Å². The molecule has 1 aromatic heterocycles. The Balaban J connectivity index is 2.93. The normalized spacial score (nSPS) is 14.3. The van der Waals surface area contributed by atoms with Crippen LogP contribution in [0.3, 0.4) is 0 Å². The molecular formula is C14H26N4. The predicted octanol–water partition coefficient (Wildman–Crippen LogP) is 3.17. The molecule has 0 fully saturated rings. The molecule has 0 bridgehead atoms. The van der Waals surface area contributed by atoms with Crippen molar-refractivity contribution >= 4 is 11.6 Å². The highest BCUT2D eigenvalue weighted by molar-refractivity contribution is 5.55. The number of nitrogen functional groups attached to an aromatic ring is 1. The number of rotatable bonds is 6. The fraction of sp³-hybridized carbons (Fsp3) is 0.714. The van der Waals surface area contributed by atoms with Gasteiger partial charge in [0.15, 0.2) is 0 Å². The highest BCUT2D eigenvalue weighted by Gasteiger charge is 2.14. The quantitative estimate of drug-likeness (QED) is 0.814. The summed E-state index contributed by atoms with van der Waals surface area (Å²) >= 11 is 0. The number of anilines is 2. The van der Waals surface area contributed by atoms with E-state index in [9.17, 15) is 0 Å². The molecule has 1 aromatic rings. The van der Waals surface area contributed by atoms with Crippen LogP contribution in [0.1, 0.15) is 51.9 Å². The molecule has 0 spiro atoms. The third kappa shape index (κ3) is 3.59. The zero-order valence-electron chi connectivity index (χ0n) is 12.2. The summed E-state index contributed by atoms with van der Waals surface area (Å²) in [6, 6.07) is 0.387. The van der Waals surface area contributed by atoms with Gasteiger partial charge in [-0.3, -0.25) is 0 Å². The van der Waals surface area contributed by atoms with E-state index in [4.69, 9.17) is 5.73 Å². The largest absolute Gasteiger partial charge is 0.383 e. The van der Waals surface area contributed by atoms with Crippen molar-refractivity contribution in [3.8, 4) is 0 Å². The van der Waals surface area contributed by atoms with Gasteiger partial charge in [0.25, 0.3) is 0 Å². The average Bonchev–Trinajstić information content (AvgIpc) is 2.34. The number of aryl methyl sites for hydroxylation is 1. The molecule has 0 aromatic carbocycles. The van der Waals surface area contributed by atoms with E-state index in [-0.39, 0.29) is 0 Å². The van der Waals surface area contributed by atoms with Gasteiger partial charge in [0, 0.05) is 18.0 Å². The van der Waals surface area contributed by atoms with Gasteiger partial charge in [0.05, 0.1) is 0 Å². The van der Waals surface area contributed by atoms with E-state index in [1.54, 1.807) is 0 Å². The average molecular weight is 250 g/mol. The summed E-state index contributed by atoms with van der Waals surface area (Å²) in [6.07, 6.45) is 3.05. The summed E-state index contributed by atoms with van der Waals surface area (Å²) in [5, 5.41) is 3.47. The minimum atomic E-state index is 0.387. The summed E-state index contributed by atoms with van der Waals surface area (Å²) in [7, 11) is 0. The number of nitrogens with two attached hydrogens (primary N) is 1. The van der Waals surface area contributed by atoms with Crippen LogP contribution in [0.25, 0.3) is 0 Å². The van der Waals surface area contributed by atoms with Crippen molar-refractivity contribution in [2.24, 2.45) is 5.92 Å². The Morgan fingerprint density at radius 1 is 1.22 bits per heavy atom. The topological polar surface area (TPSA) is 63.8 Å². The molecule has 0 saturated heterocycles. The van der Waals surface area contributed by atoms with Crippen LogP contribution in [-0.4, -0.2) is 16.0 Å². The van der Waals surface area contributed by atoms with E-state index in [0.29, 0.717) is 17.8 Å². The fourth-order valence-electron chi connectivity index (χ4n) is 1.77. The van der Waals surface area contributed by atoms with Gasteiger partial charge >= 0.3 is 0 Å². The first-order chi connectivity index (χ1) is 8.49. The Labute approximate surface area is 110 Å². The van der Waals surface area contributed by atoms with Crippen molar-refractivity contribution in [3.05, 3.63) is 11.4 Å². The van der Waals surface area contributed by atoms with E-state index >= 15 is 0 Å². The smallest absolute Gasteiger partial charge is 0.134 e. The molecule has 4 nitrogen and oxygen atoms in total. The van der Waals surface area contributed by atoms with Crippen LogP contribution in [0.4, 0.5) is 11.6 Å². The molecule has 3 N–H and O–H groups in total. The molecule has 0 aliphatic heterocycles. The monoisotopic (exact) mass is 250 g/mol. The third-order valence-electron chi connectivity index (χ3n) is 3.57. The maximum absolute atomic E-state index is 5.94. The molecule has 0 saturated carbocycles. The molecule has 0 aliphatic rings. The van der Waals surface area contributed by atoms with Crippen LogP contribution in [0.15, 0.2) is 0 Å². The Morgan fingerprint density at radius 2 is 1.89 bits per heavy atom. The Bertz CT molecular complexity index is 390. The molecule has 1 heterocycles. The molecule has 4 heteroatoms. The zero-order chi connectivity index (χ0) is 13.7. The van der Waals surface area contributed by atoms with Crippen molar-refractivity contribution in [1.29, 1.82) is 0 Å². The summed E-state index contributed by atoms with van der Waals surface area (Å²) < 4.78 is 0. The number of nitrogens with one attached hydrogen (secondary N) is 1. The van der Waals surface area contributed by atoms with Crippen LogP contribution >= 0.6 is 0 Å². The Kier molecular flexibility index (Phi) is 5.38. The lowest BCUT2D eigenvalue weighted by Gasteiger charge is -2.22. The molecule has 2 atom stereocenters. The van der Waals surface area contributed by atoms with Crippen LogP contribution in [0, 0.1) is 12.8 Å². The summed E-state index contributed by atoms with van der Waals surface area (Å²) in [4.78, 5) is 8.90. The second-order valence-electron chi connectivity index (χ2n) is 5.07. The lowest BCUT2D eigenvalue weighted by atomic mass is 10.0. The molecule has 1 rings (SSSR count). The summed E-state index contributed by atoms with van der Waals surface area (Å²) in [5.41, 5.74) is 6.89. The van der Waals surface area contributed by atoms with E-state index in [0.717, 1.165) is 36.5 Å². The van der Waals surface area contributed by atoms with E-state index in [1.165, 1.54) is 0 Å². The first kappa shape index (κ1) is 14.7. The summed E-state index contributed by atoms with van der Waals surface area (Å²) in [5.74, 6) is 2.92. The van der Waals surface area contributed by atoms with Gasteiger partial charge < -0.3 is 11.1 Å². The Hall–Kier alpha value is -1.32. The van der Waals surface area contributed by atoms with Crippen LogP contribution in [0.5, 0.6) is 0 Å². The highest BCUT2D eigenvalue weighted by atomic mass is 15.1. The minimum Gasteiger partial charge on any atom is -0.383 e. The molecule has 2 unspecified atom stereocenters. The van der Waals surface area contributed by atoms with E-state index in [2.05, 4.69) is 43.0 Å². The molecule has 18 heavy (non-hydrogen) atoms. The van der Waals surface area contributed by atoms with Gasteiger partial charge in [-0.1, -0.05) is 27.2 Å². The standard InChI is InChI=1S/C14H26N4/c1-6-8-12-17-13(15)10(4)14(18-12)16-11(5)9(3)7-2/h9,11H,6-8H2,1-5H3,(H3,15,16,17,18). The van der Waals surface area contributed by atoms with Gasteiger partial charge in [-0.05, 0) is 26.2 Å². The molecule has 0 aliphatic carbocycles. The van der Waals surface area contributed by atoms with Crippen molar-refractivity contribution in [3.63, 3.8) is 0 Å². The SMILES string of the molecule is CCCc1nc(N)c(C)c(NC(C)C(C)CC)n1. The molecule has 0 radical (unpaired) electrons. The number of aromatic nitrogens is 2. The number of nitrogens with zero attached hydrogens (tertiary/aromatic N) is 2. The molecule has 102 valence electrons. The second kappa shape index (κ2) is 6.57. The summed E-state index contributed by atoms with van der Waals surface area (Å²) in [6.45, 7) is 10.7. The molecular weight excluding hydrogens is 224 g/mol. The maximum atomic E-state index is 5.94. The van der Waals surface area contributed by atoms with Crippen LogP contribution in [0.2, 0.25) is 0 Å². The van der Waals surface area contributed by atoms with Gasteiger partial charge in [-0.15, -0.1) is 0 Å². The van der Waals surface area contributed by atoms with Gasteiger partial charge in [0.2, 0.25) is 0 Å². The van der Waals surface area contributed by atoms with Crippen molar-refractivity contribution in [2.75, 3.05) is 11.1 Å². The lowest BCUT2D eigenvalue weighted by molar-refractivity contribution is 0.493. The first-order valence-corrected chi connectivity index (χ1v) is 6.89. The fourth-order valence-corrected chi connectivity index (χ4v) is 1.77. The van der Waals surface area contributed by atoms with Crippen molar-refractivity contribution in [1.82, 2.24) is 9.97 Å². The lowest BCUT2D eigenvalue weighted by Crippen LogP contribution is -2.25. The van der Waals surface area contributed by atoms with Gasteiger partial charge in [-0.2, -0.15) is 0 Å². The predicted molar refractivity (Wildman–Crippen MR) is 77.7 cm³/mol. The van der Waals surface area contributed by atoms with Crippen molar-refractivity contribution in [2.45, 2.75) is 59.9 Å². The zero-order valence-corrected chi connectivity index (χ0v) is 12.2.